The lowest BCUT2D eigenvalue weighted by molar-refractivity contribution is 0.0543. The Morgan fingerprint density at radius 2 is 1.35 bits per heavy atom. The molecule has 4 nitrogen and oxygen atoms in total. The van der Waals surface area contributed by atoms with Gasteiger partial charge in [0.05, 0.1) is 23.8 Å². The fourth-order valence-corrected chi connectivity index (χ4v) is 2.36. The first-order valence-electron chi connectivity index (χ1n) is 6.36. The van der Waals surface area contributed by atoms with E-state index in [1.807, 2.05) is 6.07 Å². The van der Waals surface area contributed by atoms with E-state index in [-0.39, 0.29) is 18.4 Å². The number of nitrogens with zero attached hydrogens (tertiary/aromatic N) is 1. The van der Waals surface area contributed by atoms with E-state index in [1.165, 1.54) is 0 Å². The summed E-state index contributed by atoms with van der Waals surface area (Å²) < 4.78 is 0. The number of imide groups is 1. The van der Waals surface area contributed by atoms with Gasteiger partial charge in [0.1, 0.15) is 0 Å². The van der Waals surface area contributed by atoms with Crippen LogP contribution in [0.3, 0.4) is 0 Å². The van der Waals surface area contributed by atoms with Crippen LogP contribution >= 0.6 is 0 Å². The van der Waals surface area contributed by atoms with Crippen molar-refractivity contribution in [1.82, 2.24) is 4.90 Å². The first kappa shape index (κ1) is 12.6. The van der Waals surface area contributed by atoms with E-state index in [4.69, 9.17) is 0 Å². The average Bonchev–Trinajstić information content (AvgIpc) is 2.74. The topological polar surface area (TPSA) is 57.6 Å². The molecule has 20 heavy (non-hydrogen) atoms. The van der Waals surface area contributed by atoms with E-state index in [1.54, 1.807) is 48.5 Å². The number of benzene rings is 2. The molecule has 0 spiro atoms. The first-order chi connectivity index (χ1) is 9.68. The third-order valence-electron chi connectivity index (χ3n) is 3.42. The molecule has 1 heterocycles. The number of hydrogen-bond acceptors (Lipinski definition) is 3. The molecule has 0 bridgehead atoms. The molecular formula is C16H13NO3. The van der Waals surface area contributed by atoms with Crippen LogP contribution in [-0.2, 0) is 0 Å². The van der Waals surface area contributed by atoms with Gasteiger partial charge in [0.25, 0.3) is 11.8 Å². The van der Waals surface area contributed by atoms with Crippen molar-refractivity contribution in [2.75, 3.05) is 6.54 Å². The van der Waals surface area contributed by atoms with Gasteiger partial charge in [0, 0.05) is 0 Å². The van der Waals surface area contributed by atoms with Crippen molar-refractivity contribution in [1.29, 1.82) is 0 Å². The van der Waals surface area contributed by atoms with Crippen LogP contribution in [0.25, 0.3) is 0 Å². The van der Waals surface area contributed by atoms with Crippen molar-refractivity contribution < 1.29 is 14.7 Å². The van der Waals surface area contributed by atoms with Gasteiger partial charge < -0.3 is 5.11 Å². The molecule has 4 heteroatoms. The molecule has 2 aromatic carbocycles. The zero-order chi connectivity index (χ0) is 14.1. The molecule has 3 rings (SSSR count). The van der Waals surface area contributed by atoms with Crippen molar-refractivity contribution in [3.8, 4) is 0 Å². The lowest BCUT2D eigenvalue weighted by Gasteiger charge is -2.18. The van der Waals surface area contributed by atoms with Crippen molar-refractivity contribution in [2.45, 2.75) is 6.10 Å². The third-order valence-corrected chi connectivity index (χ3v) is 3.42. The number of β-amino-alcohol motifs (C(OH)–C–C–N with tert-alkyl or cyclic N) is 1. The Morgan fingerprint density at radius 3 is 1.90 bits per heavy atom. The van der Waals surface area contributed by atoms with E-state index in [0.717, 1.165) is 4.90 Å². The number of fused-ring (bicyclic) bond motifs is 1. The van der Waals surface area contributed by atoms with Crippen molar-refractivity contribution in [3.63, 3.8) is 0 Å². The Hall–Kier alpha value is -2.46. The average molecular weight is 267 g/mol. The summed E-state index contributed by atoms with van der Waals surface area (Å²) in [5.41, 5.74) is 1.49. The molecule has 2 aromatic rings. The summed E-state index contributed by atoms with van der Waals surface area (Å²) in [6, 6.07) is 15.7. The Labute approximate surface area is 116 Å². The smallest absolute Gasteiger partial charge is 0.261 e. The minimum Gasteiger partial charge on any atom is -0.387 e. The fourth-order valence-electron chi connectivity index (χ4n) is 2.36. The quantitative estimate of drug-likeness (QED) is 0.865. The summed E-state index contributed by atoms with van der Waals surface area (Å²) in [5, 5.41) is 10.1. The van der Waals surface area contributed by atoms with Gasteiger partial charge in [-0.1, -0.05) is 42.5 Å². The molecule has 2 amide bonds. The summed E-state index contributed by atoms with van der Waals surface area (Å²) in [4.78, 5) is 25.4. The number of carbonyl (C=O) groups is 2. The number of aliphatic hydroxyl groups excluding tert-OH is 1. The normalized spacial score (nSPS) is 15.3. The van der Waals surface area contributed by atoms with E-state index in [2.05, 4.69) is 0 Å². The van der Waals surface area contributed by atoms with Gasteiger partial charge in [-0.25, -0.2) is 0 Å². The molecule has 0 aliphatic carbocycles. The van der Waals surface area contributed by atoms with Crippen molar-refractivity contribution in [3.05, 3.63) is 71.3 Å². The van der Waals surface area contributed by atoms with Gasteiger partial charge in [0.15, 0.2) is 0 Å². The Kier molecular flexibility index (Phi) is 3.08. The number of hydrogen-bond donors (Lipinski definition) is 1. The van der Waals surface area contributed by atoms with Crippen molar-refractivity contribution in [2.24, 2.45) is 0 Å². The monoisotopic (exact) mass is 267 g/mol. The molecule has 0 fully saturated rings. The summed E-state index contributed by atoms with van der Waals surface area (Å²) in [6.07, 6.45) is -0.876. The number of aliphatic hydroxyl groups is 1. The van der Waals surface area contributed by atoms with Gasteiger partial charge in [-0.15, -0.1) is 0 Å². The van der Waals surface area contributed by atoms with Gasteiger partial charge in [-0.05, 0) is 17.7 Å². The maximum Gasteiger partial charge on any atom is 0.261 e. The van der Waals surface area contributed by atoms with E-state index in [9.17, 15) is 14.7 Å². The van der Waals surface area contributed by atoms with E-state index >= 15 is 0 Å². The molecule has 1 N–H and O–H groups in total. The van der Waals surface area contributed by atoms with Gasteiger partial charge in [-0.2, -0.15) is 0 Å². The van der Waals surface area contributed by atoms with Gasteiger partial charge in [-0.3, -0.25) is 14.5 Å². The third kappa shape index (κ3) is 2.00. The standard InChI is InChI=1S/C16H13NO3/c18-14(11-6-2-1-3-7-11)10-17-15(19)12-8-4-5-9-13(12)16(17)20/h1-9,14,18H,10H2/t14-/m1/s1. The second-order valence-corrected chi connectivity index (χ2v) is 4.69. The van der Waals surface area contributed by atoms with Crippen LogP contribution in [0.15, 0.2) is 54.6 Å². The zero-order valence-corrected chi connectivity index (χ0v) is 10.7. The molecule has 1 aliphatic heterocycles. The largest absolute Gasteiger partial charge is 0.387 e. The first-order valence-corrected chi connectivity index (χ1v) is 6.36. The fraction of sp³-hybridized carbons (Fsp3) is 0.125. The van der Waals surface area contributed by atoms with Crippen LogP contribution in [0.1, 0.15) is 32.4 Å². The van der Waals surface area contributed by atoms with Crippen LogP contribution in [-0.4, -0.2) is 28.4 Å². The summed E-state index contributed by atoms with van der Waals surface area (Å²) >= 11 is 0. The van der Waals surface area contributed by atoms with Crippen LogP contribution in [0.4, 0.5) is 0 Å². The summed E-state index contributed by atoms with van der Waals surface area (Å²) in [6.45, 7) is -0.0314. The number of rotatable bonds is 3. The minimum atomic E-state index is -0.876. The van der Waals surface area contributed by atoms with E-state index in [0.29, 0.717) is 16.7 Å². The summed E-state index contributed by atoms with van der Waals surface area (Å²) in [5.74, 6) is -0.693. The van der Waals surface area contributed by atoms with Crippen LogP contribution in [0.5, 0.6) is 0 Å². The molecule has 0 aromatic heterocycles. The van der Waals surface area contributed by atoms with Gasteiger partial charge >= 0.3 is 0 Å². The highest BCUT2D eigenvalue weighted by molar-refractivity contribution is 6.21. The molecule has 0 unspecified atom stereocenters. The van der Waals surface area contributed by atoms with Crippen molar-refractivity contribution >= 4 is 11.8 Å². The number of carbonyl (C=O) groups excluding carboxylic acids is 2. The highest BCUT2D eigenvalue weighted by atomic mass is 16.3. The molecule has 1 aliphatic rings. The predicted octanol–water partition coefficient (Wildman–Crippen LogP) is 2.02. The highest BCUT2D eigenvalue weighted by Crippen LogP contribution is 2.25. The zero-order valence-electron chi connectivity index (χ0n) is 10.7. The molecular weight excluding hydrogens is 254 g/mol. The molecule has 1 atom stereocenters. The molecule has 100 valence electrons. The minimum absolute atomic E-state index is 0.0314. The van der Waals surface area contributed by atoms with Crippen LogP contribution in [0.2, 0.25) is 0 Å². The number of amides is 2. The van der Waals surface area contributed by atoms with Crippen LogP contribution in [0, 0.1) is 0 Å². The lowest BCUT2D eigenvalue weighted by atomic mass is 10.1. The van der Waals surface area contributed by atoms with Gasteiger partial charge in [0.2, 0.25) is 0 Å². The molecule has 0 radical (unpaired) electrons. The Morgan fingerprint density at radius 1 is 0.850 bits per heavy atom. The SMILES string of the molecule is O=C1c2ccccc2C(=O)N1C[C@@H](O)c1ccccc1. The maximum absolute atomic E-state index is 12.2. The molecule has 0 saturated heterocycles. The molecule has 0 saturated carbocycles. The second-order valence-electron chi connectivity index (χ2n) is 4.69. The lowest BCUT2D eigenvalue weighted by Crippen LogP contribution is -2.33. The Bertz CT molecular complexity index is 631. The predicted molar refractivity (Wildman–Crippen MR) is 73.2 cm³/mol. The summed E-state index contributed by atoms with van der Waals surface area (Å²) in [7, 11) is 0. The second kappa shape index (κ2) is 4.90. The highest BCUT2D eigenvalue weighted by Gasteiger charge is 2.36. The maximum atomic E-state index is 12.2. The van der Waals surface area contributed by atoms with Crippen LogP contribution < -0.4 is 0 Å². The Balaban J connectivity index is 1.84. The van der Waals surface area contributed by atoms with E-state index < -0.39 is 6.10 Å².